The first-order valence-electron chi connectivity index (χ1n) is 5.17. The fourth-order valence-electron chi connectivity index (χ4n) is 1.93. The molecule has 0 radical (unpaired) electrons. The van der Waals surface area contributed by atoms with Crippen molar-refractivity contribution >= 4 is 21.4 Å². The Balaban J connectivity index is 2.20. The average Bonchev–Trinajstić information content (AvgIpc) is 2.19. The smallest absolute Gasteiger partial charge is 0.150 e. The number of hydrogen-bond donors (Lipinski definition) is 0. The van der Waals surface area contributed by atoms with Gasteiger partial charge in [-0.2, -0.15) is 0 Å². The van der Waals surface area contributed by atoms with Crippen LogP contribution in [0.5, 0.6) is 0 Å². The van der Waals surface area contributed by atoms with Crippen LogP contribution in [-0.4, -0.2) is 29.9 Å². The van der Waals surface area contributed by atoms with Gasteiger partial charge in [-0.3, -0.25) is 0 Å². The van der Waals surface area contributed by atoms with Gasteiger partial charge in [0.15, 0.2) is 0 Å². The third-order valence-corrected chi connectivity index (χ3v) is 4.90. The molecule has 6 heteroatoms. The molecule has 1 aliphatic rings. The largest absolute Gasteiger partial charge is 0.241 e. The van der Waals surface area contributed by atoms with E-state index in [1.54, 1.807) is 13.1 Å². The SMILES string of the molecule is Cc1ncc(C2CCS(=O)(=O)CC2)c(Cl)n1. The molecule has 2 heterocycles. The van der Waals surface area contributed by atoms with E-state index >= 15 is 0 Å². The van der Waals surface area contributed by atoms with E-state index < -0.39 is 9.84 Å². The van der Waals surface area contributed by atoms with Crippen LogP contribution in [0.2, 0.25) is 5.15 Å². The van der Waals surface area contributed by atoms with Crippen molar-refractivity contribution in [3.63, 3.8) is 0 Å². The summed E-state index contributed by atoms with van der Waals surface area (Å²) in [6.45, 7) is 1.78. The van der Waals surface area contributed by atoms with Gasteiger partial charge in [0, 0.05) is 11.8 Å². The van der Waals surface area contributed by atoms with Gasteiger partial charge in [0.2, 0.25) is 0 Å². The van der Waals surface area contributed by atoms with Crippen LogP contribution in [0.4, 0.5) is 0 Å². The number of sulfone groups is 1. The van der Waals surface area contributed by atoms with E-state index in [-0.39, 0.29) is 17.4 Å². The molecular weight excluding hydrogens is 248 g/mol. The summed E-state index contributed by atoms with van der Waals surface area (Å²) < 4.78 is 22.6. The molecule has 0 bridgehead atoms. The zero-order valence-corrected chi connectivity index (χ0v) is 10.6. The second-order valence-electron chi connectivity index (χ2n) is 4.09. The van der Waals surface area contributed by atoms with Gasteiger partial charge in [-0.05, 0) is 25.7 Å². The molecule has 4 nitrogen and oxygen atoms in total. The normalized spacial score (nSPS) is 20.9. The van der Waals surface area contributed by atoms with Crippen LogP contribution in [0.1, 0.15) is 30.1 Å². The third-order valence-electron chi connectivity index (χ3n) is 2.88. The summed E-state index contributed by atoms with van der Waals surface area (Å²) in [6, 6.07) is 0. The Bertz CT molecular complexity index is 488. The van der Waals surface area contributed by atoms with Crippen LogP contribution in [0.3, 0.4) is 0 Å². The summed E-state index contributed by atoms with van der Waals surface area (Å²) in [5.41, 5.74) is 0.877. The predicted octanol–water partition coefficient (Wildman–Crippen LogP) is 1.73. The quantitative estimate of drug-likeness (QED) is 0.722. The van der Waals surface area contributed by atoms with E-state index in [4.69, 9.17) is 11.6 Å². The van der Waals surface area contributed by atoms with E-state index in [1.807, 2.05) is 0 Å². The van der Waals surface area contributed by atoms with Gasteiger partial charge >= 0.3 is 0 Å². The molecule has 1 aliphatic heterocycles. The van der Waals surface area contributed by atoms with Crippen LogP contribution < -0.4 is 0 Å². The predicted molar refractivity (Wildman–Crippen MR) is 62.4 cm³/mol. The maximum atomic E-state index is 11.3. The molecule has 0 atom stereocenters. The Kier molecular flexibility index (Phi) is 3.17. The van der Waals surface area contributed by atoms with Crippen molar-refractivity contribution in [2.75, 3.05) is 11.5 Å². The molecule has 16 heavy (non-hydrogen) atoms. The van der Waals surface area contributed by atoms with Crippen molar-refractivity contribution < 1.29 is 8.42 Å². The zero-order chi connectivity index (χ0) is 11.8. The number of nitrogens with zero attached hydrogens (tertiary/aromatic N) is 2. The lowest BCUT2D eigenvalue weighted by Crippen LogP contribution is -2.22. The molecule has 1 aromatic rings. The van der Waals surface area contributed by atoms with Gasteiger partial charge in [-0.15, -0.1) is 0 Å². The molecular formula is C10H13ClN2O2S. The molecule has 0 spiro atoms. The molecule has 88 valence electrons. The third kappa shape index (κ3) is 2.52. The average molecular weight is 261 g/mol. The summed E-state index contributed by atoms with van der Waals surface area (Å²) in [7, 11) is -2.83. The molecule has 0 saturated carbocycles. The molecule has 1 fully saturated rings. The minimum absolute atomic E-state index is 0.177. The van der Waals surface area contributed by atoms with Gasteiger partial charge < -0.3 is 0 Å². The number of aryl methyl sites for hydroxylation is 1. The van der Waals surface area contributed by atoms with Crippen LogP contribution in [0.25, 0.3) is 0 Å². The first-order valence-corrected chi connectivity index (χ1v) is 7.37. The summed E-state index contributed by atoms with van der Waals surface area (Å²) in [6.07, 6.45) is 2.95. The summed E-state index contributed by atoms with van der Waals surface area (Å²) >= 11 is 6.03. The number of rotatable bonds is 1. The highest BCUT2D eigenvalue weighted by Gasteiger charge is 2.26. The minimum Gasteiger partial charge on any atom is -0.241 e. The van der Waals surface area contributed by atoms with Crippen molar-refractivity contribution in [1.82, 2.24) is 9.97 Å². The van der Waals surface area contributed by atoms with Crippen LogP contribution in [0, 0.1) is 6.92 Å². The Morgan fingerprint density at radius 3 is 2.56 bits per heavy atom. The van der Waals surface area contributed by atoms with Crippen molar-refractivity contribution in [2.45, 2.75) is 25.7 Å². The van der Waals surface area contributed by atoms with Gasteiger partial charge in [0.05, 0.1) is 11.5 Å². The number of halogens is 1. The molecule has 0 amide bonds. The Morgan fingerprint density at radius 1 is 1.38 bits per heavy atom. The van der Waals surface area contributed by atoms with Gasteiger partial charge in [-0.25, -0.2) is 18.4 Å². The summed E-state index contributed by atoms with van der Waals surface area (Å²) in [4.78, 5) is 8.20. The molecule has 0 aliphatic carbocycles. The second kappa shape index (κ2) is 4.30. The maximum Gasteiger partial charge on any atom is 0.150 e. The fraction of sp³-hybridized carbons (Fsp3) is 0.600. The molecule has 1 aromatic heterocycles. The summed E-state index contributed by atoms with van der Waals surface area (Å²) in [5.74, 6) is 1.29. The zero-order valence-electron chi connectivity index (χ0n) is 8.98. The monoisotopic (exact) mass is 260 g/mol. The first-order chi connectivity index (χ1) is 7.48. The van der Waals surface area contributed by atoms with Crippen molar-refractivity contribution in [2.24, 2.45) is 0 Å². The molecule has 0 N–H and O–H groups in total. The number of hydrogen-bond acceptors (Lipinski definition) is 4. The number of aromatic nitrogens is 2. The Morgan fingerprint density at radius 2 is 2.00 bits per heavy atom. The van der Waals surface area contributed by atoms with E-state index in [2.05, 4.69) is 9.97 Å². The van der Waals surface area contributed by atoms with E-state index in [9.17, 15) is 8.42 Å². The summed E-state index contributed by atoms with van der Waals surface area (Å²) in [5, 5.41) is 0.455. The van der Waals surface area contributed by atoms with Crippen LogP contribution >= 0.6 is 11.6 Å². The first kappa shape index (κ1) is 11.8. The van der Waals surface area contributed by atoms with E-state index in [0.717, 1.165) is 5.56 Å². The highest BCUT2D eigenvalue weighted by molar-refractivity contribution is 7.91. The molecule has 1 saturated heterocycles. The lowest BCUT2D eigenvalue weighted by atomic mass is 9.96. The molecule has 2 rings (SSSR count). The highest BCUT2D eigenvalue weighted by atomic mass is 35.5. The van der Waals surface area contributed by atoms with Crippen molar-refractivity contribution in [3.05, 3.63) is 22.7 Å². The Hall–Kier alpha value is -0.680. The van der Waals surface area contributed by atoms with E-state index in [0.29, 0.717) is 23.8 Å². The highest BCUT2D eigenvalue weighted by Crippen LogP contribution is 2.32. The van der Waals surface area contributed by atoms with Gasteiger partial charge in [0.1, 0.15) is 20.8 Å². The van der Waals surface area contributed by atoms with Crippen LogP contribution in [-0.2, 0) is 9.84 Å². The second-order valence-corrected chi connectivity index (χ2v) is 6.75. The Labute approximate surface area is 100.0 Å². The van der Waals surface area contributed by atoms with Gasteiger partial charge in [0.25, 0.3) is 0 Å². The standard InChI is InChI=1S/C10H13ClN2O2S/c1-7-12-6-9(10(11)13-7)8-2-4-16(14,15)5-3-8/h6,8H,2-5H2,1H3. The fourth-order valence-corrected chi connectivity index (χ4v) is 3.74. The maximum absolute atomic E-state index is 11.3. The van der Waals surface area contributed by atoms with Crippen molar-refractivity contribution in [1.29, 1.82) is 0 Å². The van der Waals surface area contributed by atoms with Crippen molar-refractivity contribution in [3.8, 4) is 0 Å². The topological polar surface area (TPSA) is 59.9 Å². The van der Waals surface area contributed by atoms with Gasteiger partial charge in [-0.1, -0.05) is 11.6 Å². The van der Waals surface area contributed by atoms with Crippen LogP contribution in [0.15, 0.2) is 6.20 Å². The van der Waals surface area contributed by atoms with E-state index in [1.165, 1.54) is 0 Å². The molecule has 0 aromatic carbocycles. The molecule has 0 unspecified atom stereocenters. The lowest BCUT2D eigenvalue weighted by Gasteiger charge is -2.22. The minimum atomic E-state index is -2.83. The lowest BCUT2D eigenvalue weighted by molar-refractivity contribution is 0.548.